The summed E-state index contributed by atoms with van der Waals surface area (Å²) in [6.07, 6.45) is 3.08. The standard InChI is InChI=1S/C21H28Cl2N4O3/c1-14-19(29)26(9-8-25-7-6-21(4-5-21)18(28)13-25)10-11-27(14)20(30)24-15-2-3-16(22)17(23)12-15/h2-3,12,14,18,28H,4-11,13H2,1H3,(H,24,30)/t14-,18+/m0/s1. The highest BCUT2D eigenvalue weighted by molar-refractivity contribution is 6.42. The lowest BCUT2D eigenvalue weighted by Gasteiger charge is -2.41. The molecule has 0 radical (unpaired) electrons. The topological polar surface area (TPSA) is 76.1 Å². The van der Waals surface area contributed by atoms with Gasteiger partial charge in [-0.05, 0) is 56.3 Å². The van der Waals surface area contributed by atoms with Crippen LogP contribution in [0.25, 0.3) is 0 Å². The van der Waals surface area contributed by atoms with Gasteiger partial charge in [0.05, 0.1) is 16.1 Å². The number of piperidine rings is 1. The maximum atomic E-state index is 12.8. The molecule has 9 heteroatoms. The number of nitrogens with one attached hydrogen (secondary N) is 1. The van der Waals surface area contributed by atoms with Gasteiger partial charge in [0, 0.05) is 38.4 Å². The molecular weight excluding hydrogens is 427 g/mol. The molecule has 2 saturated heterocycles. The summed E-state index contributed by atoms with van der Waals surface area (Å²) in [5.41, 5.74) is 0.724. The van der Waals surface area contributed by atoms with Crippen molar-refractivity contribution < 1.29 is 14.7 Å². The number of hydrogen-bond donors (Lipinski definition) is 2. The molecule has 0 aromatic heterocycles. The number of nitrogens with zero attached hydrogens (tertiary/aromatic N) is 3. The third-order valence-corrected chi connectivity index (χ3v) is 7.56. The van der Waals surface area contributed by atoms with Gasteiger partial charge in [-0.25, -0.2) is 4.79 Å². The van der Waals surface area contributed by atoms with Gasteiger partial charge in [-0.1, -0.05) is 23.2 Å². The normalized spacial score (nSPS) is 26.2. The van der Waals surface area contributed by atoms with E-state index in [1.165, 1.54) is 0 Å². The van der Waals surface area contributed by atoms with Crippen LogP contribution in [0.2, 0.25) is 10.0 Å². The number of carbonyl (C=O) groups excluding carboxylic acids is 2. The summed E-state index contributed by atoms with van der Waals surface area (Å²) in [4.78, 5) is 31.1. The zero-order chi connectivity index (χ0) is 21.5. The summed E-state index contributed by atoms with van der Waals surface area (Å²) < 4.78 is 0. The second-order valence-corrected chi connectivity index (χ2v) is 9.50. The van der Waals surface area contributed by atoms with E-state index in [-0.39, 0.29) is 23.5 Å². The average molecular weight is 455 g/mol. The van der Waals surface area contributed by atoms with Crippen molar-refractivity contribution in [3.63, 3.8) is 0 Å². The predicted molar refractivity (Wildman–Crippen MR) is 117 cm³/mol. The highest BCUT2D eigenvalue weighted by Gasteiger charge is 2.51. The van der Waals surface area contributed by atoms with E-state index in [0.717, 1.165) is 32.4 Å². The lowest BCUT2D eigenvalue weighted by molar-refractivity contribution is -0.139. The van der Waals surface area contributed by atoms with E-state index in [2.05, 4.69) is 10.2 Å². The molecule has 1 aromatic rings. The number of rotatable bonds is 4. The zero-order valence-electron chi connectivity index (χ0n) is 17.1. The van der Waals surface area contributed by atoms with Crippen LogP contribution < -0.4 is 5.32 Å². The monoisotopic (exact) mass is 454 g/mol. The number of β-amino-alcohol motifs (C(OH)–C–C–N with tert-alkyl or cyclic N) is 1. The van der Waals surface area contributed by atoms with Crippen molar-refractivity contribution in [2.45, 2.75) is 38.3 Å². The predicted octanol–water partition coefficient (Wildman–Crippen LogP) is 2.90. The third-order valence-electron chi connectivity index (χ3n) is 6.82. The van der Waals surface area contributed by atoms with Gasteiger partial charge in [0.2, 0.25) is 5.91 Å². The van der Waals surface area contributed by atoms with E-state index in [9.17, 15) is 14.7 Å². The molecule has 3 fully saturated rings. The minimum Gasteiger partial charge on any atom is -0.391 e. The summed E-state index contributed by atoms with van der Waals surface area (Å²) >= 11 is 11.9. The van der Waals surface area contributed by atoms with Gasteiger partial charge in [-0.15, -0.1) is 0 Å². The minimum atomic E-state index is -0.539. The highest BCUT2D eigenvalue weighted by Crippen LogP contribution is 2.53. The number of hydrogen-bond acceptors (Lipinski definition) is 4. The highest BCUT2D eigenvalue weighted by atomic mass is 35.5. The Morgan fingerprint density at radius 2 is 1.93 bits per heavy atom. The van der Waals surface area contributed by atoms with Gasteiger partial charge in [-0.2, -0.15) is 0 Å². The van der Waals surface area contributed by atoms with E-state index in [4.69, 9.17) is 23.2 Å². The van der Waals surface area contributed by atoms with Gasteiger partial charge in [0.15, 0.2) is 0 Å². The molecule has 3 aliphatic rings. The molecule has 2 atom stereocenters. The number of amides is 3. The van der Waals surface area contributed by atoms with Crippen LogP contribution in [0.5, 0.6) is 0 Å². The van der Waals surface area contributed by atoms with Crippen LogP contribution in [0.15, 0.2) is 18.2 Å². The maximum Gasteiger partial charge on any atom is 0.322 e. The number of anilines is 1. The maximum absolute atomic E-state index is 12.8. The molecule has 0 unspecified atom stereocenters. The molecule has 1 aliphatic carbocycles. The molecule has 30 heavy (non-hydrogen) atoms. The van der Waals surface area contributed by atoms with E-state index in [0.29, 0.717) is 41.9 Å². The van der Waals surface area contributed by atoms with Crippen LogP contribution in [0, 0.1) is 5.41 Å². The molecule has 164 valence electrons. The van der Waals surface area contributed by atoms with Gasteiger partial charge in [0.1, 0.15) is 6.04 Å². The smallest absolute Gasteiger partial charge is 0.322 e. The molecule has 2 heterocycles. The second-order valence-electron chi connectivity index (χ2n) is 8.68. The Morgan fingerprint density at radius 3 is 2.60 bits per heavy atom. The SMILES string of the molecule is C[C@H]1C(=O)N(CCN2CCC3(CC3)[C@H](O)C2)CCN1C(=O)Nc1ccc(Cl)c(Cl)c1. The molecule has 7 nitrogen and oxygen atoms in total. The van der Waals surface area contributed by atoms with Crippen molar-refractivity contribution in [2.24, 2.45) is 5.41 Å². The second kappa shape index (κ2) is 8.54. The van der Waals surface area contributed by atoms with E-state index in [1.54, 1.807) is 30.0 Å². The van der Waals surface area contributed by atoms with Gasteiger partial charge >= 0.3 is 6.03 Å². The quantitative estimate of drug-likeness (QED) is 0.732. The Labute approximate surface area is 186 Å². The van der Waals surface area contributed by atoms with Crippen LogP contribution in [0.3, 0.4) is 0 Å². The number of carbonyl (C=O) groups is 2. The van der Waals surface area contributed by atoms with Crippen LogP contribution in [-0.4, -0.2) is 83.2 Å². The van der Waals surface area contributed by atoms with Gasteiger partial charge in [-0.3, -0.25) is 9.69 Å². The number of aliphatic hydroxyl groups excluding tert-OH is 1. The Morgan fingerprint density at radius 1 is 1.17 bits per heavy atom. The first-order valence-corrected chi connectivity index (χ1v) is 11.3. The fourth-order valence-electron chi connectivity index (χ4n) is 4.48. The molecule has 2 aliphatic heterocycles. The summed E-state index contributed by atoms with van der Waals surface area (Å²) in [6, 6.07) is 4.01. The Kier molecular flexibility index (Phi) is 6.17. The number of halogens is 2. The lowest BCUT2D eigenvalue weighted by Crippen LogP contribution is -2.59. The van der Waals surface area contributed by atoms with Crippen LogP contribution in [0.1, 0.15) is 26.2 Å². The molecule has 3 amide bonds. The average Bonchev–Trinajstić information content (AvgIpc) is 3.49. The van der Waals surface area contributed by atoms with Crippen LogP contribution >= 0.6 is 23.2 Å². The van der Waals surface area contributed by atoms with Crippen molar-refractivity contribution in [3.05, 3.63) is 28.2 Å². The molecule has 4 rings (SSSR count). The summed E-state index contributed by atoms with van der Waals surface area (Å²) in [7, 11) is 0. The van der Waals surface area contributed by atoms with E-state index < -0.39 is 6.04 Å². The first kappa shape index (κ1) is 21.7. The van der Waals surface area contributed by atoms with Crippen molar-refractivity contribution >= 4 is 40.8 Å². The van der Waals surface area contributed by atoms with Gasteiger partial charge in [0.25, 0.3) is 0 Å². The minimum absolute atomic E-state index is 0.0539. The van der Waals surface area contributed by atoms with Gasteiger partial charge < -0.3 is 20.2 Å². The van der Waals surface area contributed by atoms with Crippen LogP contribution in [0.4, 0.5) is 10.5 Å². The van der Waals surface area contributed by atoms with Crippen molar-refractivity contribution in [1.82, 2.24) is 14.7 Å². The van der Waals surface area contributed by atoms with E-state index >= 15 is 0 Å². The zero-order valence-corrected chi connectivity index (χ0v) is 18.6. The Bertz CT molecular complexity index is 832. The molecule has 1 saturated carbocycles. The van der Waals surface area contributed by atoms with Crippen molar-refractivity contribution in [3.8, 4) is 0 Å². The number of likely N-dealkylation sites (tertiary alicyclic amines) is 1. The molecule has 1 spiro atoms. The fourth-order valence-corrected chi connectivity index (χ4v) is 4.78. The number of aliphatic hydroxyl groups is 1. The first-order valence-electron chi connectivity index (χ1n) is 10.5. The summed E-state index contributed by atoms with van der Waals surface area (Å²) in [6.45, 7) is 5.75. The molecule has 2 N–H and O–H groups in total. The first-order chi connectivity index (χ1) is 14.3. The molecular formula is C21H28Cl2N4O3. The summed E-state index contributed by atoms with van der Waals surface area (Å²) in [5.74, 6) is -0.0539. The van der Waals surface area contributed by atoms with E-state index in [1.807, 2.05) is 4.90 Å². The largest absolute Gasteiger partial charge is 0.391 e. The number of urea groups is 1. The van der Waals surface area contributed by atoms with Crippen molar-refractivity contribution in [1.29, 1.82) is 0 Å². The molecule has 0 bridgehead atoms. The third kappa shape index (κ3) is 4.40. The lowest BCUT2D eigenvalue weighted by atomic mass is 9.90. The van der Waals surface area contributed by atoms with Crippen molar-refractivity contribution in [2.75, 3.05) is 44.6 Å². The van der Waals surface area contributed by atoms with Crippen LogP contribution in [-0.2, 0) is 4.79 Å². The number of benzene rings is 1. The molecule has 1 aromatic carbocycles. The Balaban J connectivity index is 1.28. The fraction of sp³-hybridized carbons (Fsp3) is 0.619. The summed E-state index contributed by atoms with van der Waals surface area (Å²) in [5, 5.41) is 13.9. The number of piperazine rings is 1. The Hall–Kier alpha value is -1.54.